The third-order valence-corrected chi connectivity index (χ3v) is 4.97. The van der Waals surface area contributed by atoms with E-state index in [1.807, 2.05) is 4.68 Å². The van der Waals surface area contributed by atoms with Crippen LogP contribution in [0, 0.1) is 17.2 Å². The van der Waals surface area contributed by atoms with E-state index in [1.54, 1.807) is 0 Å². The molecule has 2 aromatic rings. The summed E-state index contributed by atoms with van der Waals surface area (Å²) in [4.78, 5) is 0. The fraction of sp³-hybridized carbons (Fsp3) is 0.526. The average Bonchev–Trinajstić information content (AvgIpc) is 3.04. The Bertz CT molecular complexity index is 672. The van der Waals surface area contributed by atoms with E-state index in [1.165, 1.54) is 37.7 Å². The number of aryl methyl sites for hydroxylation is 1. The predicted molar refractivity (Wildman–Crippen MR) is 90.3 cm³/mol. The van der Waals surface area contributed by atoms with Gasteiger partial charge in [0, 0.05) is 0 Å². The third-order valence-electron chi connectivity index (χ3n) is 4.97. The van der Waals surface area contributed by atoms with Gasteiger partial charge in [-0.15, -0.1) is 5.10 Å². The summed E-state index contributed by atoms with van der Waals surface area (Å²) in [5, 5.41) is 17.6. The smallest absolute Gasteiger partial charge is 0.186 e. The van der Waals surface area contributed by atoms with Gasteiger partial charge < -0.3 is 0 Å². The van der Waals surface area contributed by atoms with E-state index in [9.17, 15) is 5.26 Å². The number of nitriles is 1. The maximum atomic E-state index is 9.33. The Labute approximate surface area is 138 Å². The molecule has 0 amide bonds. The highest BCUT2D eigenvalue weighted by molar-refractivity contribution is 5.38. The first-order chi connectivity index (χ1) is 11.3. The number of hydrogen-bond donors (Lipinski definition) is 0. The molecule has 0 saturated heterocycles. The summed E-state index contributed by atoms with van der Waals surface area (Å²) in [5.41, 5.74) is 3.73. The molecule has 0 N–H and O–H groups in total. The third kappa shape index (κ3) is 3.61. The standard InChI is InChI=1S/C19H24N4/c1-2-15-8-11-17(12-9-15)23-19(18(14-20)21-22-23)13-10-16-6-4-3-5-7-16/h8-9,11-12,16H,2-7,10,13H2,1H3. The fourth-order valence-electron chi connectivity index (χ4n) is 3.51. The highest BCUT2D eigenvalue weighted by Crippen LogP contribution is 2.28. The Balaban J connectivity index is 1.80. The zero-order chi connectivity index (χ0) is 16.1. The Hall–Kier alpha value is -2.15. The number of aromatic nitrogens is 3. The van der Waals surface area contributed by atoms with Gasteiger partial charge in [0.25, 0.3) is 0 Å². The Morgan fingerprint density at radius 1 is 1.17 bits per heavy atom. The van der Waals surface area contributed by atoms with E-state index in [4.69, 9.17) is 0 Å². The molecule has 1 saturated carbocycles. The first-order valence-electron chi connectivity index (χ1n) is 8.75. The molecule has 1 aliphatic rings. The van der Waals surface area contributed by atoms with Crippen molar-refractivity contribution in [2.24, 2.45) is 5.92 Å². The van der Waals surface area contributed by atoms with Crippen LogP contribution in [0.25, 0.3) is 5.69 Å². The van der Waals surface area contributed by atoms with Crippen molar-refractivity contribution in [3.63, 3.8) is 0 Å². The van der Waals surface area contributed by atoms with Gasteiger partial charge in [-0.2, -0.15) is 5.26 Å². The average molecular weight is 308 g/mol. The highest BCUT2D eigenvalue weighted by Gasteiger charge is 2.18. The topological polar surface area (TPSA) is 54.5 Å². The lowest BCUT2D eigenvalue weighted by atomic mass is 9.85. The minimum Gasteiger partial charge on any atom is -0.216 e. The van der Waals surface area contributed by atoms with Gasteiger partial charge in [-0.25, -0.2) is 4.68 Å². The molecule has 0 bridgehead atoms. The molecule has 4 nitrogen and oxygen atoms in total. The Morgan fingerprint density at radius 3 is 2.57 bits per heavy atom. The largest absolute Gasteiger partial charge is 0.216 e. The molecule has 0 unspecified atom stereocenters. The van der Waals surface area contributed by atoms with Gasteiger partial charge in [0.2, 0.25) is 0 Å². The maximum Gasteiger partial charge on any atom is 0.186 e. The summed E-state index contributed by atoms with van der Waals surface area (Å²) in [6, 6.07) is 10.6. The Morgan fingerprint density at radius 2 is 1.91 bits per heavy atom. The first kappa shape index (κ1) is 15.7. The quantitative estimate of drug-likeness (QED) is 0.831. The Kier molecular flexibility index (Phi) is 5.07. The zero-order valence-electron chi connectivity index (χ0n) is 13.8. The van der Waals surface area contributed by atoms with Crippen LogP contribution >= 0.6 is 0 Å². The van der Waals surface area contributed by atoms with Crippen LogP contribution < -0.4 is 0 Å². The first-order valence-corrected chi connectivity index (χ1v) is 8.75. The van der Waals surface area contributed by atoms with Crippen LogP contribution in [0.4, 0.5) is 0 Å². The van der Waals surface area contributed by atoms with Crippen LogP contribution in [0.3, 0.4) is 0 Å². The molecule has 0 spiro atoms. The summed E-state index contributed by atoms with van der Waals surface area (Å²) in [7, 11) is 0. The van der Waals surface area contributed by atoms with Crippen LogP contribution in [-0.2, 0) is 12.8 Å². The molecule has 0 radical (unpaired) electrons. The molecule has 0 atom stereocenters. The lowest BCUT2D eigenvalue weighted by Gasteiger charge is -2.21. The lowest BCUT2D eigenvalue weighted by molar-refractivity contribution is 0.337. The molecular formula is C19H24N4. The van der Waals surface area contributed by atoms with Crippen molar-refractivity contribution in [1.29, 1.82) is 5.26 Å². The van der Waals surface area contributed by atoms with E-state index >= 15 is 0 Å². The van der Waals surface area contributed by atoms with Gasteiger partial charge in [-0.3, -0.25) is 0 Å². The SMILES string of the molecule is CCc1ccc(-n2nnc(C#N)c2CCC2CCCCC2)cc1. The number of rotatable bonds is 5. The number of hydrogen-bond acceptors (Lipinski definition) is 3. The molecule has 1 aromatic heterocycles. The molecule has 23 heavy (non-hydrogen) atoms. The molecule has 3 rings (SSSR count). The second-order valence-electron chi connectivity index (χ2n) is 6.47. The van der Waals surface area contributed by atoms with Crippen LogP contribution in [0.1, 0.15) is 62.4 Å². The van der Waals surface area contributed by atoms with Gasteiger partial charge in [0.1, 0.15) is 6.07 Å². The van der Waals surface area contributed by atoms with Crippen molar-refractivity contribution >= 4 is 0 Å². The van der Waals surface area contributed by atoms with E-state index in [0.29, 0.717) is 5.69 Å². The molecule has 1 fully saturated rings. The molecule has 1 aromatic carbocycles. The molecule has 1 heterocycles. The van der Waals surface area contributed by atoms with Crippen molar-refractivity contribution in [2.75, 3.05) is 0 Å². The van der Waals surface area contributed by atoms with Crippen molar-refractivity contribution in [3.8, 4) is 11.8 Å². The normalized spacial score (nSPS) is 15.5. The second kappa shape index (κ2) is 7.41. The van der Waals surface area contributed by atoms with E-state index < -0.39 is 0 Å². The monoisotopic (exact) mass is 308 g/mol. The van der Waals surface area contributed by atoms with Crippen molar-refractivity contribution in [2.45, 2.75) is 58.3 Å². The molecule has 0 aliphatic heterocycles. The lowest BCUT2D eigenvalue weighted by Crippen LogP contribution is -2.10. The summed E-state index contributed by atoms with van der Waals surface area (Å²) in [6.45, 7) is 2.15. The number of benzene rings is 1. The minimum atomic E-state index is 0.473. The van der Waals surface area contributed by atoms with Crippen molar-refractivity contribution < 1.29 is 0 Å². The van der Waals surface area contributed by atoms with Crippen LogP contribution in [0.15, 0.2) is 24.3 Å². The fourth-order valence-corrected chi connectivity index (χ4v) is 3.51. The summed E-state index contributed by atoms with van der Waals surface area (Å²) >= 11 is 0. The van der Waals surface area contributed by atoms with Crippen LogP contribution in [0.2, 0.25) is 0 Å². The second-order valence-corrected chi connectivity index (χ2v) is 6.47. The minimum absolute atomic E-state index is 0.473. The highest BCUT2D eigenvalue weighted by atomic mass is 15.4. The molecule has 120 valence electrons. The molecule has 4 heteroatoms. The predicted octanol–water partition coefficient (Wildman–Crippen LogP) is 4.21. The van der Waals surface area contributed by atoms with Gasteiger partial charge >= 0.3 is 0 Å². The van der Waals surface area contributed by atoms with Gasteiger partial charge in [-0.05, 0) is 42.9 Å². The molecule has 1 aliphatic carbocycles. The van der Waals surface area contributed by atoms with Crippen LogP contribution in [0.5, 0.6) is 0 Å². The maximum absolute atomic E-state index is 9.33. The zero-order valence-corrected chi connectivity index (χ0v) is 13.8. The van der Waals surface area contributed by atoms with Gasteiger partial charge in [-0.1, -0.05) is 56.4 Å². The van der Waals surface area contributed by atoms with Crippen molar-refractivity contribution in [1.82, 2.24) is 15.0 Å². The van der Waals surface area contributed by atoms with Gasteiger partial charge in [0.15, 0.2) is 5.69 Å². The summed E-state index contributed by atoms with van der Waals surface area (Å²) in [6.07, 6.45) is 9.78. The molecular weight excluding hydrogens is 284 g/mol. The van der Waals surface area contributed by atoms with Crippen LogP contribution in [-0.4, -0.2) is 15.0 Å². The van der Waals surface area contributed by atoms with E-state index in [2.05, 4.69) is 47.6 Å². The van der Waals surface area contributed by atoms with Gasteiger partial charge in [0.05, 0.1) is 11.4 Å². The number of nitrogens with zero attached hydrogens (tertiary/aromatic N) is 4. The van der Waals surface area contributed by atoms with E-state index in [0.717, 1.165) is 36.6 Å². The summed E-state index contributed by atoms with van der Waals surface area (Å²) < 4.78 is 1.85. The summed E-state index contributed by atoms with van der Waals surface area (Å²) in [5.74, 6) is 0.793. The van der Waals surface area contributed by atoms with Crippen molar-refractivity contribution in [3.05, 3.63) is 41.2 Å². The van der Waals surface area contributed by atoms with E-state index in [-0.39, 0.29) is 0 Å².